The minimum atomic E-state index is -0.622. The molecule has 1 aliphatic heterocycles. The van der Waals surface area contributed by atoms with Crippen molar-refractivity contribution in [1.82, 2.24) is 14.8 Å². The normalized spacial score (nSPS) is 21.2. The average Bonchev–Trinajstić information content (AvgIpc) is 2.49. The second kappa shape index (κ2) is 7.60. The van der Waals surface area contributed by atoms with Crippen molar-refractivity contribution in [3.8, 4) is 6.07 Å². The Labute approximate surface area is 142 Å². The van der Waals surface area contributed by atoms with Crippen molar-refractivity contribution in [2.24, 2.45) is 0 Å². The maximum atomic E-state index is 11.8. The number of nitriles is 1. The number of likely N-dealkylation sites (tertiary alicyclic amines) is 1. The number of carbonyl (C=O) groups excluding carboxylic acids is 1. The summed E-state index contributed by atoms with van der Waals surface area (Å²) in [4.78, 5) is 19.7. The zero-order valence-electron chi connectivity index (χ0n) is 14.7. The lowest BCUT2D eigenvalue weighted by atomic mass is 10.0. The number of nitrogens with one attached hydrogen (secondary N) is 1. The van der Waals surface area contributed by atoms with Gasteiger partial charge in [0.15, 0.2) is 0 Å². The number of aliphatic hydroxyl groups is 1. The molecule has 7 heteroatoms. The Kier molecular flexibility index (Phi) is 5.75. The Morgan fingerprint density at radius 1 is 1.54 bits per heavy atom. The van der Waals surface area contributed by atoms with E-state index < -0.39 is 6.10 Å². The van der Waals surface area contributed by atoms with E-state index in [4.69, 9.17) is 0 Å². The van der Waals surface area contributed by atoms with Gasteiger partial charge in [0.1, 0.15) is 11.9 Å². The summed E-state index contributed by atoms with van der Waals surface area (Å²) < 4.78 is 0. The molecule has 2 N–H and O–H groups in total. The summed E-state index contributed by atoms with van der Waals surface area (Å²) in [7, 11) is 3.45. The quantitative estimate of drug-likeness (QED) is 0.835. The molecule has 130 valence electrons. The molecule has 1 fully saturated rings. The largest absolute Gasteiger partial charge is 0.390 e. The van der Waals surface area contributed by atoms with Crippen LogP contribution >= 0.6 is 0 Å². The molecule has 0 bridgehead atoms. The molecule has 0 spiro atoms. The van der Waals surface area contributed by atoms with Crippen LogP contribution in [-0.2, 0) is 4.79 Å². The van der Waals surface area contributed by atoms with E-state index in [1.807, 2.05) is 24.8 Å². The number of aromatic nitrogens is 1. The number of β-amino-alcohol motifs (C(OH)–C–C–N with tert-alkyl or cyclic N) is 1. The number of rotatable bonds is 4. The number of piperidine rings is 1. The molecule has 0 aromatic carbocycles. The second-order valence-electron chi connectivity index (χ2n) is 6.55. The van der Waals surface area contributed by atoms with Gasteiger partial charge in [-0.05, 0) is 31.9 Å². The number of amides is 1. The molecule has 0 radical (unpaired) electrons. The molecule has 1 aromatic rings. The summed E-state index contributed by atoms with van der Waals surface area (Å²) in [6, 6.07) is 3.86. The topological polar surface area (TPSA) is 92.5 Å². The Hall–Kier alpha value is -2.17. The van der Waals surface area contributed by atoms with Gasteiger partial charge in [0.2, 0.25) is 5.91 Å². The third-order valence-electron chi connectivity index (χ3n) is 4.30. The van der Waals surface area contributed by atoms with Gasteiger partial charge >= 0.3 is 0 Å². The molecule has 1 saturated heterocycles. The first-order valence-corrected chi connectivity index (χ1v) is 8.07. The van der Waals surface area contributed by atoms with Gasteiger partial charge in [0.05, 0.1) is 24.3 Å². The van der Waals surface area contributed by atoms with Crippen LogP contribution in [0.4, 0.5) is 5.82 Å². The fraction of sp³-hybridized carbons (Fsp3) is 0.588. The minimum absolute atomic E-state index is 0.0244. The highest BCUT2D eigenvalue weighted by Crippen LogP contribution is 2.21. The summed E-state index contributed by atoms with van der Waals surface area (Å²) >= 11 is 0. The average molecular weight is 331 g/mol. The number of aliphatic hydroxyl groups excluding tert-OH is 1. The van der Waals surface area contributed by atoms with Crippen molar-refractivity contribution in [2.75, 3.05) is 39.0 Å². The van der Waals surface area contributed by atoms with Crippen LogP contribution < -0.4 is 5.32 Å². The van der Waals surface area contributed by atoms with E-state index in [1.54, 1.807) is 19.0 Å². The van der Waals surface area contributed by atoms with E-state index in [0.717, 1.165) is 11.3 Å². The molecule has 2 heterocycles. The zero-order valence-corrected chi connectivity index (χ0v) is 14.7. The van der Waals surface area contributed by atoms with Crippen molar-refractivity contribution in [3.63, 3.8) is 0 Å². The molecular formula is C17H25N5O2. The van der Waals surface area contributed by atoms with E-state index in [9.17, 15) is 15.2 Å². The third kappa shape index (κ3) is 4.22. The molecule has 0 saturated carbocycles. The highest BCUT2D eigenvalue weighted by molar-refractivity contribution is 5.77. The predicted molar refractivity (Wildman–Crippen MR) is 91.6 cm³/mol. The van der Waals surface area contributed by atoms with Crippen molar-refractivity contribution in [3.05, 3.63) is 22.9 Å². The summed E-state index contributed by atoms with van der Waals surface area (Å²) in [6.45, 7) is 5.20. The zero-order chi connectivity index (χ0) is 17.9. The van der Waals surface area contributed by atoms with Gasteiger partial charge in [-0.3, -0.25) is 9.69 Å². The fourth-order valence-corrected chi connectivity index (χ4v) is 2.90. The maximum Gasteiger partial charge on any atom is 0.236 e. The van der Waals surface area contributed by atoms with Crippen LogP contribution in [0.5, 0.6) is 0 Å². The monoisotopic (exact) mass is 331 g/mol. The van der Waals surface area contributed by atoms with Crippen molar-refractivity contribution < 1.29 is 9.90 Å². The molecule has 1 amide bonds. The van der Waals surface area contributed by atoms with Crippen LogP contribution in [0.15, 0.2) is 6.07 Å². The van der Waals surface area contributed by atoms with E-state index >= 15 is 0 Å². The number of anilines is 1. The van der Waals surface area contributed by atoms with E-state index in [2.05, 4.69) is 16.4 Å². The third-order valence-corrected chi connectivity index (χ3v) is 4.30. The smallest absolute Gasteiger partial charge is 0.236 e. The van der Waals surface area contributed by atoms with Gasteiger partial charge in [-0.25, -0.2) is 4.98 Å². The van der Waals surface area contributed by atoms with Crippen molar-refractivity contribution in [1.29, 1.82) is 5.26 Å². The van der Waals surface area contributed by atoms with Gasteiger partial charge in [0.25, 0.3) is 0 Å². The lowest BCUT2D eigenvalue weighted by Crippen LogP contribution is -2.52. The molecule has 1 aromatic heterocycles. The van der Waals surface area contributed by atoms with Crippen LogP contribution in [0.2, 0.25) is 0 Å². The SMILES string of the molecule is Cc1cc(C)c(C#N)c(N[C@@H]2CCN(CC(=O)N(C)C)C[C@H]2O)n1. The number of carbonyl (C=O) groups is 1. The molecule has 0 aliphatic carbocycles. The van der Waals surface area contributed by atoms with E-state index in [0.29, 0.717) is 37.4 Å². The standard InChI is InChI=1S/C17H25N5O2/c1-11-7-12(2)19-17(13(11)8-18)20-14-5-6-22(9-15(14)23)10-16(24)21(3)4/h7,14-15,23H,5-6,9-10H2,1-4H3,(H,19,20)/t14-,15-/m1/s1. The first-order chi connectivity index (χ1) is 11.3. The number of nitrogens with zero attached hydrogens (tertiary/aromatic N) is 4. The van der Waals surface area contributed by atoms with E-state index in [1.165, 1.54) is 0 Å². The fourth-order valence-electron chi connectivity index (χ4n) is 2.90. The summed E-state index contributed by atoms with van der Waals surface area (Å²) in [5.41, 5.74) is 2.21. The van der Waals surface area contributed by atoms with Gasteiger partial charge in [0, 0.05) is 32.9 Å². The maximum absolute atomic E-state index is 11.8. The molecule has 2 rings (SSSR count). The van der Waals surface area contributed by atoms with E-state index in [-0.39, 0.29) is 11.9 Å². The number of hydrogen-bond acceptors (Lipinski definition) is 6. The summed E-state index contributed by atoms with van der Waals surface area (Å²) in [5, 5.41) is 23.0. The van der Waals surface area contributed by atoms with Crippen LogP contribution in [0, 0.1) is 25.2 Å². The molecule has 0 unspecified atom stereocenters. The minimum Gasteiger partial charge on any atom is -0.390 e. The van der Waals surface area contributed by atoms with Crippen LogP contribution in [-0.4, -0.2) is 71.7 Å². The number of aryl methyl sites for hydroxylation is 2. The first kappa shape index (κ1) is 18.2. The lowest BCUT2D eigenvalue weighted by molar-refractivity contribution is -0.130. The van der Waals surface area contributed by atoms with Crippen molar-refractivity contribution >= 4 is 11.7 Å². The van der Waals surface area contributed by atoms with Crippen LogP contribution in [0.3, 0.4) is 0 Å². The Bertz CT molecular complexity index is 653. The number of hydrogen-bond donors (Lipinski definition) is 2. The molecule has 1 aliphatic rings. The first-order valence-electron chi connectivity index (χ1n) is 8.07. The Balaban J connectivity index is 2.04. The summed E-state index contributed by atoms with van der Waals surface area (Å²) in [6.07, 6.45) is 0.0596. The molecule has 2 atom stereocenters. The highest BCUT2D eigenvalue weighted by atomic mass is 16.3. The molecule has 24 heavy (non-hydrogen) atoms. The van der Waals surface area contributed by atoms with Gasteiger partial charge in [-0.2, -0.15) is 5.26 Å². The van der Waals surface area contributed by atoms with Crippen LogP contribution in [0.1, 0.15) is 23.2 Å². The van der Waals surface area contributed by atoms with Crippen LogP contribution in [0.25, 0.3) is 0 Å². The predicted octanol–water partition coefficient (Wildman–Crippen LogP) is 0.505. The summed E-state index contributed by atoms with van der Waals surface area (Å²) in [5.74, 6) is 0.549. The number of likely N-dealkylation sites (N-methyl/N-ethyl adjacent to an activating group) is 1. The second-order valence-corrected chi connectivity index (χ2v) is 6.55. The highest BCUT2D eigenvalue weighted by Gasteiger charge is 2.29. The van der Waals surface area contributed by atoms with Crippen molar-refractivity contribution in [2.45, 2.75) is 32.4 Å². The van der Waals surface area contributed by atoms with Gasteiger partial charge in [-0.15, -0.1) is 0 Å². The van der Waals surface area contributed by atoms with Gasteiger partial charge < -0.3 is 15.3 Å². The molecular weight excluding hydrogens is 306 g/mol. The number of pyridine rings is 1. The molecule has 7 nitrogen and oxygen atoms in total. The Morgan fingerprint density at radius 3 is 2.83 bits per heavy atom. The Morgan fingerprint density at radius 2 is 2.25 bits per heavy atom. The van der Waals surface area contributed by atoms with Gasteiger partial charge in [-0.1, -0.05) is 0 Å². The lowest BCUT2D eigenvalue weighted by Gasteiger charge is -2.36.